The van der Waals surface area contributed by atoms with Gasteiger partial charge in [0.05, 0.1) is 17.0 Å². The minimum absolute atomic E-state index is 0.146. The van der Waals surface area contributed by atoms with E-state index in [4.69, 9.17) is 4.42 Å². The van der Waals surface area contributed by atoms with Gasteiger partial charge in [0, 0.05) is 13.0 Å². The number of hydrogen-bond donors (Lipinski definition) is 1. The molecule has 0 spiro atoms. The third-order valence-corrected chi connectivity index (χ3v) is 6.90. The minimum Gasteiger partial charge on any atom is -0.447 e. The first-order valence-electron chi connectivity index (χ1n) is 12.4. The van der Waals surface area contributed by atoms with Gasteiger partial charge in [0.1, 0.15) is 12.1 Å². The molecule has 0 unspecified atom stereocenters. The lowest BCUT2D eigenvalue weighted by Crippen LogP contribution is -2.26. The molecule has 204 valence electrons. The van der Waals surface area contributed by atoms with Crippen LogP contribution in [0.2, 0.25) is 0 Å². The predicted octanol–water partition coefficient (Wildman–Crippen LogP) is 6.13. The summed E-state index contributed by atoms with van der Waals surface area (Å²) in [5, 5.41) is 11.7. The fraction of sp³-hybridized carbons (Fsp3) is 0.172. The van der Waals surface area contributed by atoms with Crippen LogP contribution in [-0.2, 0) is 24.8 Å². The maximum absolute atomic E-state index is 13.5. The standard InChI is InChI=1S/C29H24F3N5O2S/c30-29(31,32)22-12-7-13-23(17-22)37-25(16-21-10-5-2-6-11-21)35-36-28(37)40-19-26-34-24(18-39-26)27(38)33-15-14-20-8-3-1-4-9-20/h1-13,17-18H,14-16,19H2,(H,33,38). The van der Waals surface area contributed by atoms with E-state index < -0.39 is 11.7 Å². The van der Waals surface area contributed by atoms with Crippen molar-refractivity contribution < 1.29 is 22.4 Å². The molecule has 3 aromatic carbocycles. The minimum atomic E-state index is -4.49. The maximum Gasteiger partial charge on any atom is 0.416 e. The summed E-state index contributed by atoms with van der Waals surface area (Å²) < 4.78 is 47.5. The summed E-state index contributed by atoms with van der Waals surface area (Å²) in [5.41, 5.74) is 1.72. The highest BCUT2D eigenvalue weighted by Gasteiger charge is 2.31. The number of nitrogens with one attached hydrogen (secondary N) is 1. The third-order valence-electron chi connectivity index (χ3n) is 5.99. The zero-order valence-corrected chi connectivity index (χ0v) is 22.0. The predicted molar refractivity (Wildman–Crippen MR) is 144 cm³/mol. The highest BCUT2D eigenvalue weighted by atomic mass is 32.2. The molecular formula is C29H24F3N5O2S. The number of oxazole rings is 1. The van der Waals surface area contributed by atoms with Crippen molar-refractivity contribution in [1.29, 1.82) is 0 Å². The van der Waals surface area contributed by atoms with E-state index in [0.717, 1.165) is 23.3 Å². The van der Waals surface area contributed by atoms with Gasteiger partial charge in [0.25, 0.3) is 5.91 Å². The summed E-state index contributed by atoms with van der Waals surface area (Å²) in [4.78, 5) is 16.8. The number of rotatable bonds is 10. The van der Waals surface area contributed by atoms with Crippen LogP contribution in [0.15, 0.2) is 101 Å². The molecule has 0 radical (unpaired) electrons. The van der Waals surface area contributed by atoms with Crippen molar-refractivity contribution in [2.75, 3.05) is 6.54 Å². The van der Waals surface area contributed by atoms with Crippen molar-refractivity contribution in [2.45, 2.75) is 29.9 Å². The molecule has 5 rings (SSSR count). The Morgan fingerprint density at radius 1 is 0.925 bits per heavy atom. The lowest BCUT2D eigenvalue weighted by molar-refractivity contribution is -0.137. The van der Waals surface area contributed by atoms with Crippen molar-refractivity contribution >= 4 is 17.7 Å². The number of amides is 1. The summed E-state index contributed by atoms with van der Waals surface area (Å²) in [6, 6.07) is 24.3. The second-order valence-corrected chi connectivity index (χ2v) is 9.79. The number of carbonyl (C=O) groups excluding carboxylic acids is 1. The number of carbonyl (C=O) groups is 1. The van der Waals surface area contributed by atoms with Crippen LogP contribution in [0.4, 0.5) is 13.2 Å². The van der Waals surface area contributed by atoms with E-state index >= 15 is 0 Å². The van der Waals surface area contributed by atoms with E-state index in [1.807, 2.05) is 60.7 Å². The summed E-state index contributed by atoms with van der Waals surface area (Å²) in [6.45, 7) is 0.448. The van der Waals surface area contributed by atoms with Crippen LogP contribution in [0, 0.1) is 0 Å². The second kappa shape index (κ2) is 12.2. The molecule has 5 aromatic rings. The van der Waals surface area contributed by atoms with Gasteiger partial charge in [0.15, 0.2) is 10.9 Å². The Hall–Kier alpha value is -4.38. The summed E-state index contributed by atoms with van der Waals surface area (Å²) in [6.07, 6.45) is -2.15. The molecule has 7 nitrogen and oxygen atoms in total. The number of alkyl halides is 3. The summed E-state index contributed by atoms with van der Waals surface area (Å²) in [5.74, 6) is 0.605. The number of nitrogens with zero attached hydrogens (tertiary/aromatic N) is 4. The van der Waals surface area contributed by atoms with Crippen LogP contribution in [0.1, 0.15) is 38.9 Å². The molecule has 2 heterocycles. The quantitative estimate of drug-likeness (QED) is 0.206. The Kier molecular flexibility index (Phi) is 8.30. The fourth-order valence-corrected chi connectivity index (χ4v) is 4.85. The number of halogens is 3. The first kappa shape index (κ1) is 27.2. The molecule has 40 heavy (non-hydrogen) atoms. The Labute approximate surface area is 232 Å². The van der Waals surface area contributed by atoms with Gasteiger partial charge in [0.2, 0.25) is 5.89 Å². The molecule has 1 amide bonds. The first-order chi connectivity index (χ1) is 19.4. The Morgan fingerprint density at radius 3 is 2.38 bits per heavy atom. The van der Waals surface area contributed by atoms with Gasteiger partial charge in [-0.3, -0.25) is 9.36 Å². The molecule has 2 aromatic heterocycles. The van der Waals surface area contributed by atoms with Crippen LogP contribution < -0.4 is 5.32 Å². The van der Waals surface area contributed by atoms with E-state index in [0.29, 0.717) is 36.1 Å². The maximum atomic E-state index is 13.5. The van der Waals surface area contributed by atoms with E-state index in [-0.39, 0.29) is 23.2 Å². The number of benzene rings is 3. The molecule has 0 aliphatic carbocycles. The van der Waals surface area contributed by atoms with Crippen LogP contribution >= 0.6 is 11.8 Å². The molecule has 1 N–H and O–H groups in total. The van der Waals surface area contributed by atoms with E-state index in [1.54, 1.807) is 10.6 Å². The normalized spacial score (nSPS) is 11.5. The van der Waals surface area contributed by atoms with E-state index in [9.17, 15) is 18.0 Å². The largest absolute Gasteiger partial charge is 0.447 e. The molecule has 0 aliphatic heterocycles. The van der Waals surface area contributed by atoms with Crippen molar-refractivity contribution in [2.24, 2.45) is 0 Å². The van der Waals surface area contributed by atoms with Crippen molar-refractivity contribution in [3.05, 3.63) is 125 Å². The lowest BCUT2D eigenvalue weighted by atomic mass is 10.1. The lowest BCUT2D eigenvalue weighted by Gasteiger charge is -2.13. The van der Waals surface area contributed by atoms with Gasteiger partial charge in [-0.25, -0.2) is 4.98 Å². The fourth-order valence-electron chi connectivity index (χ4n) is 4.03. The van der Waals surface area contributed by atoms with E-state index in [1.165, 1.54) is 24.1 Å². The summed E-state index contributed by atoms with van der Waals surface area (Å²) in [7, 11) is 0. The number of hydrogen-bond acceptors (Lipinski definition) is 6. The van der Waals surface area contributed by atoms with Crippen LogP contribution in [0.25, 0.3) is 5.69 Å². The molecule has 0 fully saturated rings. The Morgan fingerprint density at radius 2 is 1.65 bits per heavy atom. The average molecular weight is 564 g/mol. The Bertz CT molecular complexity index is 1570. The summed E-state index contributed by atoms with van der Waals surface area (Å²) >= 11 is 1.20. The van der Waals surface area contributed by atoms with Crippen molar-refractivity contribution in [3.63, 3.8) is 0 Å². The highest BCUT2D eigenvalue weighted by molar-refractivity contribution is 7.98. The van der Waals surface area contributed by atoms with Gasteiger partial charge < -0.3 is 9.73 Å². The second-order valence-electron chi connectivity index (χ2n) is 8.85. The van der Waals surface area contributed by atoms with Crippen molar-refractivity contribution in [3.8, 4) is 5.69 Å². The number of thioether (sulfide) groups is 1. The SMILES string of the molecule is O=C(NCCc1ccccc1)c1coc(CSc2nnc(Cc3ccccc3)n2-c2cccc(C(F)(F)F)c2)n1. The molecule has 0 aliphatic rings. The van der Waals surface area contributed by atoms with Gasteiger partial charge in [-0.15, -0.1) is 10.2 Å². The average Bonchev–Trinajstić information content (AvgIpc) is 3.60. The molecule has 0 saturated heterocycles. The zero-order chi connectivity index (χ0) is 28.0. The molecule has 0 saturated carbocycles. The van der Waals surface area contributed by atoms with Gasteiger partial charge in [-0.1, -0.05) is 78.5 Å². The van der Waals surface area contributed by atoms with Crippen LogP contribution in [-0.4, -0.2) is 32.2 Å². The smallest absolute Gasteiger partial charge is 0.416 e. The van der Waals surface area contributed by atoms with Crippen molar-refractivity contribution in [1.82, 2.24) is 25.1 Å². The topological polar surface area (TPSA) is 85.8 Å². The van der Waals surface area contributed by atoms with Gasteiger partial charge in [-0.05, 0) is 35.7 Å². The van der Waals surface area contributed by atoms with Crippen LogP contribution in [0.5, 0.6) is 0 Å². The highest BCUT2D eigenvalue weighted by Crippen LogP contribution is 2.32. The zero-order valence-electron chi connectivity index (χ0n) is 21.1. The van der Waals surface area contributed by atoms with Crippen LogP contribution in [0.3, 0.4) is 0 Å². The monoisotopic (exact) mass is 563 g/mol. The molecule has 0 atom stereocenters. The third kappa shape index (κ3) is 6.78. The van der Waals surface area contributed by atoms with Gasteiger partial charge >= 0.3 is 6.18 Å². The molecular weight excluding hydrogens is 539 g/mol. The molecule has 11 heteroatoms. The van der Waals surface area contributed by atoms with E-state index in [2.05, 4.69) is 20.5 Å². The Balaban J connectivity index is 1.31. The molecule has 0 bridgehead atoms. The number of aromatic nitrogens is 4. The van der Waals surface area contributed by atoms with Gasteiger partial charge in [-0.2, -0.15) is 13.2 Å². The first-order valence-corrected chi connectivity index (χ1v) is 13.4.